The molecule has 2 rings (SSSR count). The lowest BCUT2D eigenvalue weighted by Gasteiger charge is -2.25. The maximum absolute atomic E-state index is 5.52. The van der Waals surface area contributed by atoms with Crippen LogP contribution in [0.5, 0.6) is 0 Å². The molecule has 0 saturated carbocycles. The van der Waals surface area contributed by atoms with Crippen LogP contribution in [0.15, 0.2) is 11.1 Å². The molecule has 1 aliphatic heterocycles. The van der Waals surface area contributed by atoms with Gasteiger partial charge in [0.25, 0.3) is 0 Å². The van der Waals surface area contributed by atoms with Gasteiger partial charge in [-0.15, -0.1) is 0 Å². The number of hydrogen-bond acceptors (Lipinski definition) is 2. The highest BCUT2D eigenvalue weighted by Crippen LogP contribution is 2.32. The SMILES string of the molecule is CC1=C(C2OCCO2)CCC(C)C1. The summed E-state index contributed by atoms with van der Waals surface area (Å²) < 4.78 is 11.0. The molecule has 13 heavy (non-hydrogen) atoms. The summed E-state index contributed by atoms with van der Waals surface area (Å²) in [4.78, 5) is 0. The van der Waals surface area contributed by atoms with Gasteiger partial charge in [-0.05, 0) is 37.7 Å². The van der Waals surface area contributed by atoms with Crippen molar-refractivity contribution in [2.75, 3.05) is 13.2 Å². The zero-order valence-corrected chi connectivity index (χ0v) is 8.51. The second kappa shape index (κ2) is 3.81. The molecule has 2 nitrogen and oxygen atoms in total. The van der Waals surface area contributed by atoms with Crippen LogP contribution in [0.1, 0.15) is 33.1 Å². The van der Waals surface area contributed by atoms with Crippen molar-refractivity contribution in [3.05, 3.63) is 11.1 Å². The van der Waals surface area contributed by atoms with E-state index in [1.54, 1.807) is 0 Å². The summed E-state index contributed by atoms with van der Waals surface area (Å²) in [6, 6.07) is 0. The molecule has 0 spiro atoms. The van der Waals surface area contributed by atoms with Crippen molar-refractivity contribution >= 4 is 0 Å². The summed E-state index contributed by atoms with van der Waals surface area (Å²) in [5, 5.41) is 0. The summed E-state index contributed by atoms with van der Waals surface area (Å²) in [7, 11) is 0. The maximum atomic E-state index is 5.52. The van der Waals surface area contributed by atoms with Crippen LogP contribution in [0.25, 0.3) is 0 Å². The zero-order valence-electron chi connectivity index (χ0n) is 8.51. The molecular formula is C11H18O2. The van der Waals surface area contributed by atoms with E-state index in [1.165, 1.54) is 24.0 Å². The molecule has 0 amide bonds. The fraction of sp³-hybridized carbons (Fsp3) is 0.818. The van der Waals surface area contributed by atoms with Crippen molar-refractivity contribution in [2.45, 2.75) is 39.4 Å². The molecule has 1 atom stereocenters. The quantitative estimate of drug-likeness (QED) is 0.580. The average Bonchev–Trinajstić information content (AvgIpc) is 2.56. The Kier molecular flexibility index (Phi) is 2.70. The van der Waals surface area contributed by atoms with Gasteiger partial charge in [-0.3, -0.25) is 0 Å². The van der Waals surface area contributed by atoms with Crippen LogP contribution in [0.4, 0.5) is 0 Å². The molecule has 1 heterocycles. The highest BCUT2D eigenvalue weighted by molar-refractivity contribution is 5.18. The van der Waals surface area contributed by atoms with Gasteiger partial charge in [0, 0.05) is 0 Å². The van der Waals surface area contributed by atoms with Gasteiger partial charge < -0.3 is 9.47 Å². The zero-order chi connectivity index (χ0) is 9.26. The fourth-order valence-corrected chi connectivity index (χ4v) is 2.25. The Hall–Kier alpha value is -0.340. The predicted molar refractivity (Wildman–Crippen MR) is 51.4 cm³/mol. The summed E-state index contributed by atoms with van der Waals surface area (Å²) in [5.74, 6) is 0.838. The molecule has 0 aromatic rings. The van der Waals surface area contributed by atoms with Crippen LogP contribution in [0.3, 0.4) is 0 Å². The Morgan fingerprint density at radius 3 is 2.54 bits per heavy atom. The van der Waals surface area contributed by atoms with Gasteiger partial charge in [0.05, 0.1) is 13.2 Å². The van der Waals surface area contributed by atoms with Gasteiger partial charge >= 0.3 is 0 Å². The number of allylic oxidation sites excluding steroid dienone is 1. The smallest absolute Gasteiger partial charge is 0.180 e. The molecule has 1 saturated heterocycles. The molecule has 74 valence electrons. The van der Waals surface area contributed by atoms with Gasteiger partial charge in [0.1, 0.15) is 0 Å². The Labute approximate surface area is 79.9 Å². The van der Waals surface area contributed by atoms with Crippen molar-refractivity contribution in [3.63, 3.8) is 0 Å². The highest BCUT2D eigenvalue weighted by Gasteiger charge is 2.25. The van der Waals surface area contributed by atoms with Crippen molar-refractivity contribution in [3.8, 4) is 0 Å². The lowest BCUT2D eigenvalue weighted by atomic mass is 9.85. The number of ether oxygens (including phenoxy) is 2. The van der Waals surface area contributed by atoms with E-state index in [1.807, 2.05) is 0 Å². The minimum atomic E-state index is -0.00694. The van der Waals surface area contributed by atoms with Crippen molar-refractivity contribution in [1.29, 1.82) is 0 Å². The molecule has 1 unspecified atom stereocenters. The minimum absolute atomic E-state index is 0.00694. The number of hydrogen-bond donors (Lipinski definition) is 0. The van der Waals surface area contributed by atoms with Crippen molar-refractivity contribution in [1.82, 2.24) is 0 Å². The minimum Gasteiger partial charge on any atom is -0.346 e. The average molecular weight is 182 g/mol. The van der Waals surface area contributed by atoms with Gasteiger partial charge in [-0.25, -0.2) is 0 Å². The Morgan fingerprint density at radius 1 is 1.23 bits per heavy atom. The van der Waals surface area contributed by atoms with Crippen molar-refractivity contribution in [2.24, 2.45) is 5.92 Å². The van der Waals surface area contributed by atoms with E-state index < -0.39 is 0 Å². The van der Waals surface area contributed by atoms with Crippen molar-refractivity contribution < 1.29 is 9.47 Å². The highest BCUT2D eigenvalue weighted by atomic mass is 16.7. The van der Waals surface area contributed by atoms with Gasteiger partial charge in [0.2, 0.25) is 0 Å². The summed E-state index contributed by atoms with van der Waals surface area (Å²) in [6.45, 7) is 6.06. The van der Waals surface area contributed by atoms with Crippen LogP contribution in [-0.2, 0) is 9.47 Å². The van der Waals surface area contributed by atoms with Crippen LogP contribution in [0.2, 0.25) is 0 Å². The van der Waals surface area contributed by atoms with Gasteiger partial charge in [-0.1, -0.05) is 12.5 Å². The first-order chi connectivity index (χ1) is 6.27. The van der Waals surface area contributed by atoms with Gasteiger partial charge in [0.15, 0.2) is 6.29 Å². The molecule has 2 aliphatic rings. The van der Waals surface area contributed by atoms with E-state index in [9.17, 15) is 0 Å². The van der Waals surface area contributed by atoms with E-state index >= 15 is 0 Å². The molecule has 1 fully saturated rings. The lowest BCUT2D eigenvalue weighted by molar-refractivity contribution is -0.0159. The van der Waals surface area contributed by atoms with E-state index in [0.717, 1.165) is 25.6 Å². The van der Waals surface area contributed by atoms with E-state index in [2.05, 4.69) is 13.8 Å². The summed E-state index contributed by atoms with van der Waals surface area (Å²) in [5.41, 5.74) is 2.90. The molecular weight excluding hydrogens is 164 g/mol. The normalized spacial score (nSPS) is 31.4. The van der Waals surface area contributed by atoms with Crippen LogP contribution >= 0.6 is 0 Å². The molecule has 0 aromatic heterocycles. The first-order valence-corrected chi connectivity index (χ1v) is 5.19. The largest absolute Gasteiger partial charge is 0.346 e. The van der Waals surface area contributed by atoms with Crippen LogP contribution in [0, 0.1) is 5.92 Å². The van der Waals surface area contributed by atoms with Crippen LogP contribution in [-0.4, -0.2) is 19.5 Å². The van der Waals surface area contributed by atoms with Crippen LogP contribution < -0.4 is 0 Å². The summed E-state index contributed by atoms with van der Waals surface area (Å²) in [6.07, 6.45) is 3.67. The van der Waals surface area contributed by atoms with E-state index in [-0.39, 0.29) is 6.29 Å². The molecule has 0 radical (unpaired) electrons. The standard InChI is InChI=1S/C11H18O2/c1-8-3-4-10(9(2)7-8)11-12-5-6-13-11/h8,11H,3-7H2,1-2H3. The Balaban J connectivity index is 2.07. The molecule has 0 aromatic carbocycles. The first kappa shape index (κ1) is 9.22. The fourth-order valence-electron chi connectivity index (χ4n) is 2.25. The third-order valence-corrected chi connectivity index (χ3v) is 3.02. The molecule has 0 bridgehead atoms. The first-order valence-electron chi connectivity index (χ1n) is 5.19. The Morgan fingerprint density at radius 2 is 1.92 bits per heavy atom. The number of rotatable bonds is 1. The van der Waals surface area contributed by atoms with E-state index in [4.69, 9.17) is 9.47 Å². The second-order valence-corrected chi connectivity index (χ2v) is 4.23. The monoisotopic (exact) mass is 182 g/mol. The summed E-state index contributed by atoms with van der Waals surface area (Å²) >= 11 is 0. The maximum Gasteiger partial charge on any atom is 0.180 e. The topological polar surface area (TPSA) is 18.5 Å². The molecule has 0 N–H and O–H groups in total. The predicted octanol–water partition coefficient (Wildman–Crippen LogP) is 2.50. The van der Waals surface area contributed by atoms with Gasteiger partial charge in [-0.2, -0.15) is 0 Å². The molecule has 2 heteroatoms. The lowest BCUT2D eigenvalue weighted by Crippen LogP contribution is -2.18. The molecule has 1 aliphatic carbocycles. The second-order valence-electron chi connectivity index (χ2n) is 4.23. The Bertz CT molecular complexity index is 214. The third-order valence-electron chi connectivity index (χ3n) is 3.02. The van der Waals surface area contributed by atoms with E-state index in [0.29, 0.717) is 0 Å². The third kappa shape index (κ3) is 1.94.